The van der Waals surface area contributed by atoms with E-state index in [1.807, 2.05) is 11.5 Å². The first-order valence-electron chi connectivity index (χ1n) is 13.5. The SMILES string of the molecule is C=C(C)[C@@H]1CC[C@](C)(S[P+](=S)O[C@H]2C[C@H](n3cnc4c(N)ncnc43)O[C@@H]2CO[Si](C)(C)C(C)(C)C)[C@@H](O)C1. The number of ether oxygens (including phenoxy) is 1. The molecule has 3 heterocycles. The molecule has 1 unspecified atom stereocenters. The van der Waals surface area contributed by atoms with Gasteiger partial charge < -0.3 is 20.0 Å². The first-order chi connectivity index (χ1) is 18.1. The van der Waals surface area contributed by atoms with Crippen molar-refractivity contribution >= 4 is 54.6 Å². The molecule has 0 aromatic carbocycles. The van der Waals surface area contributed by atoms with Crippen LogP contribution in [0.15, 0.2) is 24.8 Å². The van der Waals surface area contributed by atoms with Crippen LogP contribution in [0.4, 0.5) is 5.82 Å². The molecule has 4 rings (SSSR count). The number of allylic oxidation sites excluding steroid dienone is 1. The molecule has 1 saturated heterocycles. The number of aliphatic hydroxyl groups is 1. The third-order valence-corrected chi connectivity index (χ3v) is 17.6. The van der Waals surface area contributed by atoms with Crippen LogP contribution in [0.5, 0.6) is 0 Å². The van der Waals surface area contributed by atoms with Crippen molar-refractivity contribution in [3.05, 3.63) is 24.8 Å². The van der Waals surface area contributed by atoms with E-state index in [9.17, 15) is 5.11 Å². The maximum Gasteiger partial charge on any atom is 0.415 e. The highest BCUT2D eigenvalue weighted by Gasteiger charge is 2.49. The molecule has 2 aromatic rings. The Labute approximate surface area is 243 Å². The third-order valence-electron chi connectivity index (χ3n) is 8.70. The number of aromatic nitrogens is 4. The second-order valence-corrected chi connectivity index (χ2v) is 22.4. The summed E-state index contributed by atoms with van der Waals surface area (Å²) in [6.45, 7) is 19.8. The molecule has 13 heteroatoms. The van der Waals surface area contributed by atoms with Gasteiger partial charge in [-0.05, 0) is 57.2 Å². The van der Waals surface area contributed by atoms with Crippen molar-refractivity contribution in [2.24, 2.45) is 5.92 Å². The summed E-state index contributed by atoms with van der Waals surface area (Å²) in [6.07, 6.45) is 3.63. The first kappa shape index (κ1) is 31.0. The minimum Gasteiger partial charge on any atom is -0.414 e. The summed E-state index contributed by atoms with van der Waals surface area (Å²) in [5, 5.41) is 11.1. The molecule has 0 amide bonds. The van der Waals surface area contributed by atoms with E-state index in [4.69, 9.17) is 31.2 Å². The smallest absolute Gasteiger partial charge is 0.414 e. The average molecular weight is 613 g/mol. The summed E-state index contributed by atoms with van der Waals surface area (Å²) >= 11 is 7.49. The first-order valence-corrected chi connectivity index (χ1v) is 20.1. The third kappa shape index (κ3) is 6.75. The maximum absolute atomic E-state index is 11.0. The van der Waals surface area contributed by atoms with E-state index in [0.717, 1.165) is 18.4 Å². The summed E-state index contributed by atoms with van der Waals surface area (Å²) in [6, 6.07) is 0. The van der Waals surface area contributed by atoms with Crippen molar-refractivity contribution in [2.75, 3.05) is 12.3 Å². The Kier molecular flexibility index (Phi) is 9.30. The largest absolute Gasteiger partial charge is 0.415 e. The number of nitrogen functional groups attached to an aromatic ring is 1. The second-order valence-electron chi connectivity index (χ2n) is 12.6. The van der Waals surface area contributed by atoms with Crippen molar-refractivity contribution in [2.45, 2.75) is 108 Å². The lowest BCUT2D eigenvalue weighted by molar-refractivity contribution is -0.0347. The van der Waals surface area contributed by atoms with Gasteiger partial charge in [0, 0.05) is 6.42 Å². The van der Waals surface area contributed by atoms with Crippen molar-refractivity contribution in [1.82, 2.24) is 19.5 Å². The zero-order chi connectivity index (χ0) is 28.8. The van der Waals surface area contributed by atoms with Crippen LogP contribution >= 0.6 is 17.5 Å². The monoisotopic (exact) mass is 612 g/mol. The minimum atomic E-state index is -2.01. The highest BCUT2D eigenvalue weighted by atomic mass is 32.9. The molecule has 2 aromatic heterocycles. The van der Waals surface area contributed by atoms with Gasteiger partial charge in [-0.1, -0.05) is 32.9 Å². The number of hydrogen-bond donors (Lipinski definition) is 2. The van der Waals surface area contributed by atoms with Crippen LogP contribution < -0.4 is 5.73 Å². The molecule has 2 aliphatic rings. The van der Waals surface area contributed by atoms with Crippen LogP contribution in [-0.2, 0) is 25.5 Å². The van der Waals surface area contributed by atoms with Gasteiger partial charge in [0.05, 0.1) is 23.8 Å². The zero-order valence-corrected chi connectivity index (χ0v) is 27.6. The quantitative estimate of drug-likeness (QED) is 0.195. The van der Waals surface area contributed by atoms with Gasteiger partial charge in [0.2, 0.25) is 11.8 Å². The molecule has 1 saturated carbocycles. The van der Waals surface area contributed by atoms with Gasteiger partial charge in [0.15, 0.2) is 19.8 Å². The summed E-state index contributed by atoms with van der Waals surface area (Å²) in [7, 11) is -2.01. The Morgan fingerprint density at radius 3 is 2.72 bits per heavy atom. The molecule has 1 aliphatic carbocycles. The van der Waals surface area contributed by atoms with Crippen LogP contribution in [0.1, 0.15) is 66.5 Å². The summed E-state index contributed by atoms with van der Waals surface area (Å²) in [5.74, 6) is 0.690. The fourth-order valence-electron chi connectivity index (χ4n) is 4.84. The molecule has 2 fully saturated rings. The van der Waals surface area contributed by atoms with Gasteiger partial charge in [-0.2, -0.15) is 4.52 Å². The molecule has 3 N–H and O–H groups in total. The van der Waals surface area contributed by atoms with Crippen LogP contribution in [0.25, 0.3) is 11.2 Å². The lowest BCUT2D eigenvalue weighted by Gasteiger charge is -2.38. The van der Waals surface area contributed by atoms with Crippen LogP contribution in [0.2, 0.25) is 18.1 Å². The fourth-order valence-corrected chi connectivity index (χ4v) is 11.1. The molecule has 0 bridgehead atoms. The predicted molar refractivity (Wildman–Crippen MR) is 165 cm³/mol. The van der Waals surface area contributed by atoms with Crippen LogP contribution in [0.3, 0.4) is 0 Å². The number of hydrogen-bond acceptors (Lipinski definition) is 10. The Hall–Kier alpha value is -0.983. The maximum atomic E-state index is 11.0. The van der Waals surface area contributed by atoms with Crippen LogP contribution in [-0.4, -0.2) is 62.6 Å². The predicted octanol–water partition coefficient (Wildman–Crippen LogP) is 6.11. The van der Waals surface area contributed by atoms with E-state index < -0.39 is 20.5 Å². The lowest BCUT2D eigenvalue weighted by Crippen LogP contribution is -2.44. The standard InChI is InChI=1S/C26H43N5O4PS2Si/c1-16(2)17-9-10-26(6,20(32)11-17)38-36(37)35-18-12-21(31-15-30-22-23(27)28-14-29-24(22)31)34-19(18)13-33-39(7,8)25(3,4)5/h14-15,17-21,32H,1,9-13H2,2-8H3,(H2,27,28,29)/q+1/t17-,18+,19-,20+,21-,26+/m1/s1. The summed E-state index contributed by atoms with van der Waals surface area (Å²) in [5.41, 5.74) is 8.32. The van der Waals surface area contributed by atoms with Gasteiger partial charge in [-0.3, -0.25) is 4.57 Å². The Balaban J connectivity index is 1.50. The van der Waals surface area contributed by atoms with Crippen molar-refractivity contribution in [3.8, 4) is 0 Å². The number of aliphatic hydroxyl groups excluding tert-OH is 1. The topological polar surface area (TPSA) is 118 Å². The number of rotatable bonds is 9. The number of nitrogens with two attached hydrogens (primary N) is 1. The zero-order valence-electron chi connectivity index (χ0n) is 24.1. The van der Waals surface area contributed by atoms with Crippen molar-refractivity contribution in [1.29, 1.82) is 0 Å². The second kappa shape index (κ2) is 11.7. The van der Waals surface area contributed by atoms with Gasteiger partial charge in [-0.15, -0.1) is 0 Å². The molecular weight excluding hydrogens is 570 g/mol. The Morgan fingerprint density at radius 2 is 2.08 bits per heavy atom. The molecule has 0 radical (unpaired) electrons. The number of anilines is 1. The van der Waals surface area contributed by atoms with Crippen molar-refractivity contribution in [3.63, 3.8) is 0 Å². The molecule has 9 nitrogen and oxygen atoms in total. The highest BCUT2D eigenvalue weighted by Crippen LogP contribution is 2.56. The fraction of sp³-hybridized carbons (Fsp3) is 0.731. The van der Waals surface area contributed by atoms with E-state index in [2.05, 4.69) is 62.3 Å². The van der Waals surface area contributed by atoms with Gasteiger partial charge >= 0.3 is 6.13 Å². The molecule has 39 heavy (non-hydrogen) atoms. The van der Waals surface area contributed by atoms with E-state index in [0.29, 0.717) is 42.3 Å². The summed E-state index contributed by atoms with van der Waals surface area (Å²) < 4.78 is 21.2. The highest BCUT2D eigenvalue weighted by molar-refractivity contribution is 8.63. The number of nitrogens with zero attached hydrogens (tertiary/aromatic N) is 4. The molecule has 1 aliphatic heterocycles. The van der Waals surface area contributed by atoms with Crippen molar-refractivity contribution < 1.29 is 18.8 Å². The molecule has 0 spiro atoms. The van der Waals surface area contributed by atoms with Crippen LogP contribution in [0, 0.1) is 5.92 Å². The number of imidazole rings is 1. The van der Waals surface area contributed by atoms with Gasteiger partial charge in [0.25, 0.3) is 0 Å². The van der Waals surface area contributed by atoms with E-state index in [1.54, 1.807) is 17.7 Å². The Morgan fingerprint density at radius 1 is 1.36 bits per heavy atom. The Bertz CT molecular complexity index is 1220. The normalized spacial score (nSPS) is 30.6. The van der Waals surface area contributed by atoms with Gasteiger partial charge in [-0.25, -0.2) is 15.0 Å². The molecular formula is C26H43N5O4PS2Si+. The lowest BCUT2D eigenvalue weighted by atomic mass is 9.77. The van der Waals surface area contributed by atoms with E-state index in [-0.39, 0.29) is 28.2 Å². The van der Waals surface area contributed by atoms with E-state index >= 15 is 0 Å². The molecule has 7 atom stereocenters. The summed E-state index contributed by atoms with van der Waals surface area (Å²) in [4.78, 5) is 12.9. The average Bonchev–Trinajstić information content (AvgIpc) is 3.43. The minimum absolute atomic E-state index is 0.0736. The van der Waals surface area contributed by atoms with Gasteiger partial charge in [0.1, 0.15) is 41.7 Å². The molecule has 216 valence electrons. The van der Waals surface area contributed by atoms with E-state index in [1.165, 1.54) is 6.33 Å². The number of fused-ring (bicyclic) bond motifs is 1.